The second-order valence-electron chi connectivity index (χ2n) is 3.43. The molecule has 0 N–H and O–H groups in total. The molecule has 15 heavy (non-hydrogen) atoms. The van der Waals surface area contributed by atoms with Crippen LogP contribution in [-0.2, 0) is 0 Å². The fraction of sp³-hybridized carbons (Fsp3) is 0.167. The Kier molecular flexibility index (Phi) is 1.92. The zero-order valence-electron chi connectivity index (χ0n) is 8.27. The van der Waals surface area contributed by atoms with Gasteiger partial charge in [0.2, 0.25) is 6.29 Å². The first-order valence-electron chi connectivity index (χ1n) is 4.85. The quantitative estimate of drug-likeness (QED) is 0.729. The number of hydrogen-bond acceptors (Lipinski definition) is 3. The summed E-state index contributed by atoms with van der Waals surface area (Å²) in [6.07, 6.45) is -0.161. The first-order valence-corrected chi connectivity index (χ1v) is 5.73. The van der Waals surface area contributed by atoms with Crippen LogP contribution in [0.15, 0.2) is 35.7 Å². The van der Waals surface area contributed by atoms with Crippen LogP contribution in [0.4, 0.5) is 0 Å². The van der Waals surface area contributed by atoms with E-state index in [1.165, 1.54) is 5.56 Å². The molecule has 76 valence electrons. The third kappa shape index (κ3) is 1.39. The van der Waals surface area contributed by atoms with Gasteiger partial charge in [0.25, 0.3) is 0 Å². The number of thiophene rings is 1. The van der Waals surface area contributed by atoms with Gasteiger partial charge in [0.1, 0.15) is 0 Å². The van der Waals surface area contributed by atoms with Crippen LogP contribution in [-0.4, -0.2) is 6.29 Å². The number of benzene rings is 1. The molecule has 0 spiro atoms. The first-order chi connectivity index (χ1) is 7.34. The van der Waals surface area contributed by atoms with Gasteiger partial charge < -0.3 is 9.47 Å². The molecular weight excluding hydrogens is 208 g/mol. The number of hydrogen-bond donors (Lipinski definition) is 0. The fourth-order valence-electron chi connectivity index (χ4n) is 1.68. The van der Waals surface area contributed by atoms with Gasteiger partial charge in [0.15, 0.2) is 11.5 Å². The maximum Gasteiger partial charge on any atom is 0.238 e. The Bertz CT molecular complexity index is 476. The Morgan fingerprint density at radius 1 is 1.13 bits per heavy atom. The highest BCUT2D eigenvalue weighted by atomic mass is 32.1. The average Bonchev–Trinajstić information content (AvgIpc) is 2.77. The van der Waals surface area contributed by atoms with Crippen molar-refractivity contribution in [3.8, 4) is 21.9 Å². The Balaban J connectivity index is 2.08. The summed E-state index contributed by atoms with van der Waals surface area (Å²) in [7, 11) is 0. The molecule has 0 saturated carbocycles. The van der Waals surface area contributed by atoms with Crippen LogP contribution in [0.2, 0.25) is 0 Å². The minimum absolute atomic E-state index is 0.161. The van der Waals surface area contributed by atoms with Gasteiger partial charge in [-0.25, -0.2) is 0 Å². The van der Waals surface area contributed by atoms with Crippen molar-refractivity contribution in [2.24, 2.45) is 0 Å². The molecule has 0 bridgehead atoms. The van der Waals surface area contributed by atoms with Crippen molar-refractivity contribution in [2.75, 3.05) is 0 Å². The van der Waals surface area contributed by atoms with Crippen molar-refractivity contribution in [3.05, 3.63) is 35.7 Å². The number of rotatable bonds is 1. The average molecular weight is 218 g/mol. The highest BCUT2D eigenvalue weighted by molar-refractivity contribution is 7.14. The second kappa shape index (κ2) is 3.28. The summed E-state index contributed by atoms with van der Waals surface area (Å²) in [6.45, 7) is 1.90. The summed E-state index contributed by atoms with van der Waals surface area (Å²) in [6, 6.07) is 10.2. The second-order valence-corrected chi connectivity index (χ2v) is 4.31. The van der Waals surface area contributed by atoms with E-state index in [4.69, 9.17) is 9.47 Å². The molecule has 3 heteroatoms. The van der Waals surface area contributed by atoms with Gasteiger partial charge in [-0.1, -0.05) is 30.3 Å². The van der Waals surface area contributed by atoms with E-state index in [9.17, 15) is 0 Å². The van der Waals surface area contributed by atoms with Crippen molar-refractivity contribution in [2.45, 2.75) is 13.2 Å². The van der Waals surface area contributed by atoms with Crippen LogP contribution < -0.4 is 9.47 Å². The summed E-state index contributed by atoms with van der Waals surface area (Å²) in [4.78, 5) is 1.15. The molecule has 0 fully saturated rings. The first kappa shape index (κ1) is 8.80. The van der Waals surface area contributed by atoms with Crippen LogP contribution in [0, 0.1) is 0 Å². The van der Waals surface area contributed by atoms with Crippen LogP contribution in [0.3, 0.4) is 0 Å². The van der Waals surface area contributed by atoms with Gasteiger partial charge in [-0.15, -0.1) is 11.3 Å². The lowest BCUT2D eigenvalue weighted by atomic mass is 10.2. The van der Waals surface area contributed by atoms with E-state index in [1.54, 1.807) is 11.3 Å². The number of fused-ring (bicyclic) bond motifs is 1. The Morgan fingerprint density at radius 3 is 2.73 bits per heavy atom. The van der Waals surface area contributed by atoms with E-state index in [1.807, 2.05) is 30.5 Å². The maximum absolute atomic E-state index is 5.62. The van der Waals surface area contributed by atoms with Gasteiger partial charge in [-0.05, 0) is 5.56 Å². The number of ether oxygens (including phenoxy) is 2. The maximum atomic E-state index is 5.62. The topological polar surface area (TPSA) is 18.5 Å². The third-order valence-electron chi connectivity index (χ3n) is 2.33. The Labute approximate surface area is 92.1 Å². The SMILES string of the molecule is CC1Oc2csc(-c3ccccc3)c2O1. The molecule has 0 amide bonds. The van der Waals surface area contributed by atoms with E-state index in [0.717, 1.165) is 16.4 Å². The molecule has 3 rings (SSSR count). The minimum atomic E-state index is -0.161. The fourth-order valence-corrected chi connectivity index (χ4v) is 2.60. The molecule has 1 unspecified atom stereocenters. The van der Waals surface area contributed by atoms with E-state index < -0.39 is 0 Å². The van der Waals surface area contributed by atoms with Crippen molar-refractivity contribution in [1.29, 1.82) is 0 Å². The molecule has 0 aliphatic carbocycles. The van der Waals surface area contributed by atoms with E-state index >= 15 is 0 Å². The van der Waals surface area contributed by atoms with Crippen LogP contribution in [0.1, 0.15) is 6.92 Å². The molecule has 2 aromatic rings. The molecular formula is C12H10O2S. The summed E-state index contributed by atoms with van der Waals surface area (Å²) >= 11 is 1.66. The van der Waals surface area contributed by atoms with Gasteiger partial charge in [-0.2, -0.15) is 0 Å². The molecule has 1 aromatic heterocycles. The minimum Gasteiger partial charge on any atom is -0.450 e. The predicted molar refractivity (Wildman–Crippen MR) is 60.5 cm³/mol. The third-order valence-corrected chi connectivity index (χ3v) is 3.32. The molecule has 2 nitrogen and oxygen atoms in total. The monoisotopic (exact) mass is 218 g/mol. The summed E-state index contributed by atoms with van der Waals surface area (Å²) < 4.78 is 11.1. The van der Waals surface area contributed by atoms with Crippen molar-refractivity contribution in [3.63, 3.8) is 0 Å². The van der Waals surface area contributed by atoms with Gasteiger partial charge in [0.05, 0.1) is 4.88 Å². The Hall–Kier alpha value is -1.48. The van der Waals surface area contributed by atoms with Gasteiger partial charge in [0, 0.05) is 12.3 Å². The molecule has 1 aromatic carbocycles. The normalized spacial score (nSPS) is 18.1. The molecule has 1 atom stereocenters. The molecule has 0 radical (unpaired) electrons. The van der Waals surface area contributed by atoms with Gasteiger partial charge >= 0.3 is 0 Å². The van der Waals surface area contributed by atoms with Gasteiger partial charge in [-0.3, -0.25) is 0 Å². The smallest absolute Gasteiger partial charge is 0.238 e. The zero-order chi connectivity index (χ0) is 10.3. The largest absolute Gasteiger partial charge is 0.450 e. The Morgan fingerprint density at radius 2 is 1.93 bits per heavy atom. The van der Waals surface area contributed by atoms with E-state index in [-0.39, 0.29) is 6.29 Å². The molecule has 2 heterocycles. The summed E-state index contributed by atoms with van der Waals surface area (Å²) in [5.41, 5.74) is 1.18. The molecule has 0 saturated heterocycles. The zero-order valence-corrected chi connectivity index (χ0v) is 9.08. The molecule has 1 aliphatic rings. The van der Waals surface area contributed by atoms with E-state index in [2.05, 4.69) is 12.1 Å². The van der Waals surface area contributed by atoms with Crippen LogP contribution >= 0.6 is 11.3 Å². The molecule has 1 aliphatic heterocycles. The highest BCUT2D eigenvalue weighted by Crippen LogP contribution is 2.47. The van der Waals surface area contributed by atoms with Crippen molar-refractivity contribution < 1.29 is 9.47 Å². The van der Waals surface area contributed by atoms with Crippen molar-refractivity contribution >= 4 is 11.3 Å². The lowest BCUT2D eigenvalue weighted by Crippen LogP contribution is -2.11. The standard InChI is InChI=1S/C12H10O2S/c1-8-13-10-7-15-12(11(10)14-8)9-5-3-2-4-6-9/h2-8H,1H3. The van der Waals surface area contributed by atoms with Crippen molar-refractivity contribution in [1.82, 2.24) is 0 Å². The van der Waals surface area contributed by atoms with Crippen LogP contribution in [0.5, 0.6) is 11.5 Å². The summed E-state index contributed by atoms with van der Waals surface area (Å²) in [5.74, 6) is 1.75. The summed E-state index contributed by atoms with van der Waals surface area (Å²) in [5, 5.41) is 2.00. The lowest BCUT2D eigenvalue weighted by Gasteiger charge is -2.04. The predicted octanol–water partition coefficient (Wildman–Crippen LogP) is 3.53. The van der Waals surface area contributed by atoms with Crippen LogP contribution in [0.25, 0.3) is 10.4 Å². The van der Waals surface area contributed by atoms with E-state index in [0.29, 0.717) is 0 Å². The lowest BCUT2D eigenvalue weighted by molar-refractivity contribution is 0.0680. The highest BCUT2D eigenvalue weighted by Gasteiger charge is 2.25.